The zero-order valence-corrected chi connectivity index (χ0v) is 11.5. The van der Waals surface area contributed by atoms with E-state index in [0.717, 1.165) is 39.0 Å². The van der Waals surface area contributed by atoms with Gasteiger partial charge < -0.3 is 19.9 Å². The van der Waals surface area contributed by atoms with Crippen molar-refractivity contribution in [3.05, 3.63) is 24.0 Å². The molecule has 1 saturated heterocycles. The van der Waals surface area contributed by atoms with Gasteiger partial charge in [-0.05, 0) is 44.5 Å². The number of rotatable bonds is 6. The molecule has 2 heterocycles. The number of carbonyl (C=O) groups is 1. The maximum atomic E-state index is 11.8. The molecule has 1 aliphatic heterocycles. The number of hydrogen-bond donors (Lipinski definition) is 2. The molecule has 0 spiro atoms. The zero-order valence-electron chi connectivity index (χ0n) is 11.5. The molecule has 0 aromatic carbocycles. The smallest absolute Gasteiger partial charge is 0.267 e. The maximum Gasteiger partial charge on any atom is 0.267 e. The summed E-state index contributed by atoms with van der Waals surface area (Å²) in [4.78, 5) is 11.8. The Morgan fingerprint density at radius 3 is 3.00 bits per heavy atom. The number of nitrogens with one attached hydrogen (secondary N) is 2. The normalized spacial score (nSPS) is 16.5. The van der Waals surface area contributed by atoms with E-state index < -0.39 is 0 Å². The molecule has 1 aliphatic rings. The average molecular weight is 265 g/mol. The number of aromatic nitrogens is 1. The summed E-state index contributed by atoms with van der Waals surface area (Å²) in [7, 11) is 1.87. The van der Waals surface area contributed by atoms with Gasteiger partial charge in [0.1, 0.15) is 5.69 Å². The third kappa shape index (κ3) is 4.36. The first-order valence-corrected chi connectivity index (χ1v) is 6.99. The van der Waals surface area contributed by atoms with E-state index in [0.29, 0.717) is 18.3 Å². The van der Waals surface area contributed by atoms with Gasteiger partial charge in [0.05, 0.1) is 6.10 Å². The molecule has 0 atom stereocenters. The van der Waals surface area contributed by atoms with Crippen LogP contribution in [0.2, 0.25) is 0 Å². The van der Waals surface area contributed by atoms with Gasteiger partial charge in [-0.2, -0.15) is 0 Å². The number of aryl methyl sites for hydroxylation is 1. The molecule has 0 saturated carbocycles. The number of ether oxygens (including phenoxy) is 1. The van der Waals surface area contributed by atoms with Gasteiger partial charge in [-0.1, -0.05) is 0 Å². The highest BCUT2D eigenvalue weighted by Gasteiger charge is 2.12. The van der Waals surface area contributed by atoms with Crippen molar-refractivity contribution < 1.29 is 9.53 Å². The minimum Gasteiger partial charge on any atom is -0.378 e. The molecule has 2 N–H and O–H groups in total. The Balaban J connectivity index is 1.56. The van der Waals surface area contributed by atoms with Crippen LogP contribution >= 0.6 is 0 Å². The highest BCUT2D eigenvalue weighted by atomic mass is 16.5. The first-order valence-electron chi connectivity index (χ1n) is 6.99. The molecule has 1 fully saturated rings. The van der Waals surface area contributed by atoms with E-state index >= 15 is 0 Å². The van der Waals surface area contributed by atoms with E-state index in [1.165, 1.54) is 0 Å². The lowest BCUT2D eigenvalue weighted by Crippen LogP contribution is -2.33. The maximum absolute atomic E-state index is 11.8. The van der Waals surface area contributed by atoms with E-state index in [4.69, 9.17) is 4.74 Å². The highest BCUT2D eigenvalue weighted by molar-refractivity contribution is 5.92. The van der Waals surface area contributed by atoms with Gasteiger partial charge in [-0.15, -0.1) is 0 Å². The van der Waals surface area contributed by atoms with Crippen molar-refractivity contribution >= 4 is 5.91 Å². The molecule has 5 nitrogen and oxygen atoms in total. The lowest BCUT2D eigenvalue weighted by molar-refractivity contribution is 0.0317. The number of carbonyl (C=O) groups excluding carboxylic acids is 1. The summed E-state index contributed by atoms with van der Waals surface area (Å²) in [6.07, 6.45) is 5.31. The highest BCUT2D eigenvalue weighted by Crippen LogP contribution is 2.07. The van der Waals surface area contributed by atoms with E-state index in [1.807, 2.05) is 29.9 Å². The molecule has 0 aliphatic carbocycles. The van der Waals surface area contributed by atoms with Crippen molar-refractivity contribution in [3.63, 3.8) is 0 Å². The van der Waals surface area contributed by atoms with E-state index in [-0.39, 0.29) is 5.91 Å². The van der Waals surface area contributed by atoms with Crippen molar-refractivity contribution in [1.29, 1.82) is 0 Å². The third-order valence-electron chi connectivity index (χ3n) is 3.42. The zero-order chi connectivity index (χ0) is 13.5. The van der Waals surface area contributed by atoms with Crippen LogP contribution in [0.5, 0.6) is 0 Å². The van der Waals surface area contributed by atoms with Gasteiger partial charge in [0.25, 0.3) is 5.91 Å². The Morgan fingerprint density at radius 2 is 2.32 bits per heavy atom. The van der Waals surface area contributed by atoms with Gasteiger partial charge in [0, 0.05) is 26.4 Å². The van der Waals surface area contributed by atoms with Gasteiger partial charge in [0.2, 0.25) is 0 Å². The van der Waals surface area contributed by atoms with Crippen LogP contribution in [-0.2, 0) is 11.8 Å². The summed E-state index contributed by atoms with van der Waals surface area (Å²) >= 11 is 0. The Kier molecular flexibility index (Phi) is 5.42. The first-order chi connectivity index (χ1) is 9.27. The largest absolute Gasteiger partial charge is 0.378 e. The minimum absolute atomic E-state index is 0.0191. The monoisotopic (exact) mass is 265 g/mol. The van der Waals surface area contributed by atoms with Crippen LogP contribution in [0.4, 0.5) is 0 Å². The molecule has 1 aromatic rings. The van der Waals surface area contributed by atoms with Crippen LogP contribution in [0.25, 0.3) is 0 Å². The van der Waals surface area contributed by atoms with Crippen LogP contribution in [-0.4, -0.2) is 42.8 Å². The van der Waals surface area contributed by atoms with E-state index in [2.05, 4.69) is 10.6 Å². The summed E-state index contributed by atoms with van der Waals surface area (Å²) < 4.78 is 7.60. The van der Waals surface area contributed by atoms with Crippen molar-refractivity contribution in [2.45, 2.75) is 25.4 Å². The Bertz CT molecular complexity index is 397. The lowest BCUT2D eigenvalue weighted by atomic mass is 10.1. The molecule has 1 aromatic heterocycles. The Labute approximate surface area is 114 Å². The molecule has 2 rings (SSSR count). The number of nitrogens with zero attached hydrogens (tertiary/aromatic N) is 1. The predicted octanol–water partition coefficient (Wildman–Crippen LogP) is 0.914. The van der Waals surface area contributed by atoms with Gasteiger partial charge >= 0.3 is 0 Å². The summed E-state index contributed by atoms with van der Waals surface area (Å²) in [6, 6.07) is 3.69. The van der Waals surface area contributed by atoms with Gasteiger partial charge in [0.15, 0.2) is 0 Å². The second-order valence-electron chi connectivity index (χ2n) is 4.93. The van der Waals surface area contributed by atoms with Crippen molar-refractivity contribution in [1.82, 2.24) is 15.2 Å². The number of piperidine rings is 1. The van der Waals surface area contributed by atoms with Gasteiger partial charge in [-0.25, -0.2) is 0 Å². The molecule has 1 amide bonds. The average Bonchev–Trinajstić information content (AvgIpc) is 2.86. The summed E-state index contributed by atoms with van der Waals surface area (Å²) in [5.74, 6) is -0.0191. The summed E-state index contributed by atoms with van der Waals surface area (Å²) in [6.45, 7) is 3.48. The molecular weight excluding hydrogens is 242 g/mol. The fourth-order valence-electron chi connectivity index (χ4n) is 2.27. The first kappa shape index (κ1) is 14.1. The summed E-state index contributed by atoms with van der Waals surface area (Å²) in [5.41, 5.74) is 0.694. The number of amides is 1. The predicted molar refractivity (Wildman–Crippen MR) is 74.2 cm³/mol. The fraction of sp³-hybridized carbons (Fsp3) is 0.643. The van der Waals surface area contributed by atoms with Crippen molar-refractivity contribution in [2.75, 3.05) is 26.2 Å². The second-order valence-corrected chi connectivity index (χ2v) is 4.93. The molecule has 106 valence electrons. The number of hydrogen-bond acceptors (Lipinski definition) is 3. The van der Waals surface area contributed by atoms with Crippen LogP contribution in [0.1, 0.15) is 29.8 Å². The van der Waals surface area contributed by atoms with Crippen molar-refractivity contribution in [2.24, 2.45) is 7.05 Å². The van der Waals surface area contributed by atoms with Crippen LogP contribution in [0.15, 0.2) is 18.3 Å². The molecule has 19 heavy (non-hydrogen) atoms. The second kappa shape index (κ2) is 7.31. The Morgan fingerprint density at radius 1 is 1.53 bits per heavy atom. The minimum atomic E-state index is -0.0191. The quantitative estimate of drug-likeness (QED) is 0.752. The fourth-order valence-corrected chi connectivity index (χ4v) is 2.27. The summed E-state index contributed by atoms with van der Waals surface area (Å²) in [5, 5.41) is 6.22. The van der Waals surface area contributed by atoms with E-state index in [9.17, 15) is 4.79 Å². The molecule has 0 unspecified atom stereocenters. The van der Waals surface area contributed by atoms with Crippen molar-refractivity contribution in [3.8, 4) is 0 Å². The van der Waals surface area contributed by atoms with E-state index in [1.54, 1.807) is 0 Å². The standard InChI is InChI=1S/C14H23N3O2/c1-17-10-2-4-13(17)14(18)16-7-3-11-19-12-5-8-15-9-6-12/h2,4,10,12,15H,3,5-9,11H2,1H3,(H,16,18). The van der Waals surface area contributed by atoms with Crippen LogP contribution in [0, 0.1) is 0 Å². The topological polar surface area (TPSA) is 55.3 Å². The SMILES string of the molecule is Cn1cccc1C(=O)NCCCOC1CCNCC1. The molecular formula is C14H23N3O2. The molecule has 5 heteroatoms. The molecule has 0 bridgehead atoms. The van der Waals surface area contributed by atoms with Crippen LogP contribution < -0.4 is 10.6 Å². The van der Waals surface area contributed by atoms with Crippen LogP contribution in [0.3, 0.4) is 0 Å². The van der Waals surface area contributed by atoms with Gasteiger partial charge in [-0.3, -0.25) is 4.79 Å². The Hall–Kier alpha value is -1.33. The third-order valence-corrected chi connectivity index (χ3v) is 3.42. The molecule has 0 radical (unpaired) electrons. The lowest BCUT2D eigenvalue weighted by Gasteiger charge is -2.22.